The highest BCUT2D eigenvalue weighted by Crippen LogP contribution is 2.31. The molecule has 0 spiro atoms. The molecule has 0 N–H and O–H groups in total. The van der Waals surface area contributed by atoms with Crippen LogP contribution in [0, 0.1) is 0 Å². The Morgan fingerprint density at radius 2 is 2.15 bits per heavy atom. The van der Waals surface area contributed by atoms with Crippen LogP contribution in [-0.4, -0.2) is 30.8 Å². The van der Waals surface area contributed by atoms with Gasteiger partial charge in [0.1, 0.15) is 0 Å². The largest absolute Gasteiger partial charge is 0.365 e. The van der Waals surface area contributed by atoms with E-state index in [1.807, 2.05) is 23.9 Å². The molecule has 0 bridgehead atoms. The van der Waals surface area contributed by atoms with Crippen molar-refractivity contribution in [3.05, 3.63) is 42.0 Å². The normalized spacial score (nSPS) is 14.6. The molecule has 20 heavy (non-hydrogen) atoms. The average Bonchev–Trinajstić information content (AvgIpc) is 2.95. The number of aromatic nitrogens is 2. The van der Waals surface area contributed by atoms with Crippen LogP contribution >= 0.6 is 0 Å². The molecule has 0 fully saturated rings. The lowest BCUT2D eigenvalue weighted by atomic mass is 10.2. The molecule has 0 aliphatic carbocycles. The maximum absolute atomic E-state index is 11.7. The molecule has 0 saturated heterocycles. The van der Waals surface area contributed by atoms with Crippen LogP contribution < -0.4 is 4.90 Å². The molecule has 1 aliphatic heterocycles. The van der Waals surface area contributed by atoms with Crippen LogP contribution in [0.1, 0.15) is 11.3 Å². The van der Waals surface area contributed by atoms with Crippen LogP contribution in [0.25, 0.3) is 0 Å². The number of aryl methyl sites for hydroxylation is 1. The molecule has 0 saturated carbocycles. The minimum Gasteiger partial charge on any atom is -0.365 e. The Labute approximate surface area is 118 Å². The van der Waals surface area contributed by atoms with Crippen LogP contribution in [0.2, 0.25) is 0 Å². The zero-order chi connectivity index (χ0) is 14.3. The highest BCUT2D eigenvalue weighted by Gasteiger charge is 2.22. The van der Waals surface area contributed by atoms with Crippen molar-refractivity contribution in [1.82, 2.24) is 9.55 Å². The molecule has 0 amide bonds. The zero-order valence-corrected chi connectivity index (χ0v) is 12.4. The fourth-order valence-corrected chi connectivity index (χ4v) is 3.21. The first-order valence-corrected chi connectivity index (χ1v) is 8.37. The smallest absolute Gasteiger partial charge is 0.175 e. The monoisotopic (exact) mass is 291 g/mol. The van der Waals surface area contributed by atoms with Gasteiger partial charge in [-0.2, -0.15) is 0 Å². The average molecular weight is 291 g/mol. The summed E-state index contributed by atoms with van der Waals surface area (Å²) in [5.41, 5.74) is 3.21. The molecule has 1 aliphatic rings. The Hall–Kier alpha value is -1.82. The lowest BCUT2D eigenvalue weighted by Gasteiger charge is -2.18. The highest BCUT2D eigenvalue weighted by atomic mass is 32.2. The number of rotatable bonds is 3. The Balaban J connectivity index is 1.92. The maximum atomic E-state index is 11.7. The first-order valence-electron chi connectivity index (χ1n) is 6.48. The molecule has 1 aromatic carbocycles. The van der Waals surface area contributed by atoms with E-state index < -0.39 is 9.84 Å². The van der Waals surface area contributed by atoms with E-state index in [1.165, 1.54) is 11.8 Å². The van der Waals surface area contributed by atoms with Gasteiger partial charge in [-0.15, -0.1) is 0 Å². The molecule has 2 aromatic rings. The fourth-order valence-electron chi connectivity index (χ4n) is 2.56. The number of sulfone groups is 1. The number of fused-ring (bicyclic) bond motifs is 1. The van der Waals surface area contributed by atoms with Gasteiger partial charge in [0, 0.05) is 31.7 Å². The number of hydrogen-bond donors (Lipinski definition) is 0. The summed E-state index contributed by atoms with van der Waals surface area (Å²) >= 11 is 0. The van der Waals surface area contributed by atoms with Gasteiger partial charge in [-0.25, -0.2) is 13.4 Å². The predicted molar refractivity (Wildman–Crippen MR) is 77.5 cm³/mol. The lowest BCUT2D eigenvalue weighted by Crippen LogP contribution is -2.20. The van der Waals surface area contributed by atoms with E-state index >= 15 is 0 Å². The quantitative estimate of drug-likeness (QED) is 0.857. The van der Waals surface area contributed by atoms with E-state index in [9.17, 15) is 8.42 Å². The molecule has 3 rings (SSSR count). The predicted octanol–water partition coefficient (Wildman–Crippen LogP) is 1.39. The summed E-state index contributed by atoms with van der Waals surface area (Å²) in [6, 6.07) is 5.39. The van der Waals surface area contributed by atoms with Gasteiger partial charge in [-0.1, -0.05) is 6.07 Å². The van der Waals surface area contributed by atoms with Crippen LogP contribution in [0.3, 0.4) is 0 Å². The second-order valence-corrected chi connectivity index (χ2v) is 7.28. The molecule has 106 valence electrons. The van der Waals surface area contributed by atoms with Crippen LogP contribution in [0.4, 0.5) is 5.69 Å². The Kier molecular flexibility index (Phi) is 3.05. The van der Waals surface area contributed by atoms with E-state index in [0.717, 1.165) is 24.3 Å². The molecular formula is C14H17N3O2S. The topological polar surface area (TPSA) is 55.2 Å². The van der Waals surface area contributed by atoms with Crippen molar-refractivity contribution in [3.8, 4) is 0 Å². The lowest BCUT2D eigenvalue weighted by molar-refractivity contribution is 0.602. The first kappa shape index (κ1) is 13.2. The van der Waals surface area contributed by atoms with Crippen LogP contribution in [-0.2, 0) is 29.9 Å². The molecule has 6 heteroatoms. The van der Waals surface area contributed by atoms with E-state index in [2.05, 4.69) is 9.88 Å². The summed E-state index contributed by atoms with van der Waals surface area (Å²) in [4.78, 5) is 6.89. The van der Waals surface area contributed by atoms with Gasteiger partial charge in [0.2, 0.25) is 0 Å². The Morgan fingerprint density at radius 3 is 2.80 bits per heavy atom. The molecular weight excluding hydrogens is 274 g/mol. The van der Waals surface area contributed by atoms with Gasteiger partial charge in [-0.3, -0.25) is 0 Å². The zero-order valence-electron chi connectivity index (χ0n) is 11.6. The molecule has 0 radical (unpaired) electrons. The van der Waals surface area contributed by atoms with Gasteiger partial charge in [0.25, 0.3) is 0 Å². The van der Waals surface area contributed by atoms with Crippen molar-refractivity contribution in [2.24, 2.45) is 7.05 Å². The van der Waals surface area contributed by atoms with Gasteiger partial charge < -0.3 is 9.47 Å². The fraction of sp³-hybridized carbons (Fsp3) is 0.357. The molecule has 2 heterocycles. The van der Waals surface area contributed by atoms with Crippen LogP contribution in [0.5, 0.6) is 0 Å². The van der Waals surface area contributed by atoms with Crippen LogP contribution in [0.15, 0.2) is 35.6 Å². The standard InChI is InChI=1S/C14H17N3O2S/c1-16-8-12(15-10-16)9-17-6-5-11-3-4-13(7-14(11)17)20(2,18)19/h3-4,7-8,10H,5-6,9H2,1-2H3. The van der Waals surface area contributed by atoms with Gasteiger partial charge >= 0.3 is 0 Å². The van der Waals surface area contributed by atoms with Crippen molar-refractivity contribution in [2.45, 2.75) is 17.9 Å². The third-order valence-electron chi connectivity index (χ3n) is 3.59. The van der Waals surface area contributed by atoms with Gasteiger partial charge in [-0.05, 0) is 24.1 Å². The Morgan fingerprint density at radius 1 is 1.35 bits per heavy atom. The highest BCUT2D eigenvalue weighted by molar-refractivity contribution is 7.90. The second kappa shape index (κ2) is 4.63. The summed E-state index contributed by atoms with van der Waals surface area (Å²) in [6.07, 6.45) is 5.95. The summed E-state index contributed by atoms with van der Waals surface area (Å²) in [6.45, 7) is 1.61. The first-order chi connectivity index (χ1) is 9.43. The van der Waals surface area contributed by atoms with Gasteiger partial charge in [0.05, 0.1) is 23.5 Å². The third-order valence-corrected chi connectivity index (χ3v) is 4.70. The number of benzene rings is 1. The maximum Gasteiger partial charge on any atom is 0.175 e. The van der Waals surface area contributed by atoms with Crippen molar-refractivity contribution in [2.75, 3.05) is 17.7 Å². The minimum absolute atomic E-state index is 0.379. The van der Waals surface area contributed by atoms with E-state index in [1.54, 1.807) is 18.5 Å². The van der Waals surface area contributed by atoms with Crippen molar-refractivity contribution < 1.29 is 8.42 Å². The Bertz CT molecular complexity index is 750. The SMILES string of the molecule is Cn1cnc(CN2CCc3ccc(S(C)(=O)=O)cc32)c1. The summed E-state index contributed by atoms with van der Waals surface area (Å²) < 4.78 is 25.2. The van der Waals surface area contributed by atoms with E-state index in [4.69, 9.17) is 0 Å². The molecule has 1 aromatic heterocycles. The number of imidazole rings is 1. The number of hydrogen-bond acceptors (Lipinski definition) is 4. The summed E-state index contributed by atoms with van der Waals surface area (Å²) in [7, 11) is -1.22. The molecule has 0 unspecified atom stereocenters. The minimum atomic E-state index is -3.16. The van der Waals surface area contributed by atoms with Crippen molar-refractivity contribution >= 4 is 15.5 Å². The van der Waals surface area contributed by atoms with E-state index in [-0.39, 0.29) is 0 Å². The number of anilines is 1. The van der Waals surface area contributed by atoms with Crippen molar-refractivity contribution in [3.63, 3.8) is 0 Å². The summed E-state index contributed by atoms with van der Waals surface area (Å²) in [5.74, 6) is 0. The van der Waals surface area contributed by atoms with Crippen molar-refractivity contribution in [1.29, 1.82) is 0 Å². The third kappa shape index (κ3) is 2.43. The number of nitrogens with zero attached hydrogens (tertiary/aromatic N) is 3. The van der Waals surface area contributed by atoms with Gasteiger partial charge in [0.15, 0.2) is 9.84 Å². The molecule has 0 atom stereocenters. The molecule has 5 nitrogen and oxygen atoms in total. The van der Waals surface area contributed by atoms with E-state index in [0.29, 0.717) is 11.4 Å². The summed E-state index contributed by atoms with van der Waals surface area (Å²) in [5, 5.41) is 0. The second-order valence-electron chi connectivity index (χ2n) is 5.26.